The quantitative estimate of drug-likeness (QED) is 0.717. The van der Waals surface area contributed by atoms with Gasteiger partial charge in [0.2, 0.25) is 11.9 Å². The maximum atomic E-state index is 12.9. The molecule has 148 valence electrons. The van der Waals surface area contributed by atoms with Gasteiger partial charge < -0.3 is 15.3 Å². The number of H-pyrrole nitrogens is 1. The van der Waals surface area contributed by atoms with Crippen LogP contribution in [-0.4, -0.2) is 65.2 Å². The summed E-state index contributed by atoms with van der Waals surface area (Å²) in [4.78, 5) is 36.9. The van der Waals surface area contributed by atoms with Crippen molar-refractivity contribution < 1.29 is 9.90 Å². The number of hydrogen-bond donors (Lipinski definition) is 3. The number of carbonyl (C=O) groups excluding carboxylic acids is 1. The number of aliphatic hydroxyl groups is 1. The van der Waals surface area contributed by atoms with Crippen molar-refractivity contribution in [3.63, 3.8) is 0 Å². The maximum Gasteiger partial charge on any atom is 0.258 e. The van der Waals surface area contributed by atoms with E-state index in [9.17, 15) is 9.59 Å². The van der Waals surface area contributed by atoms with Crippen LogP contribution in [0.2, 0.25) is 0 Å². The molecule has 3 heterocycles. The molecule has 0 unspecified atom stereocenters. The number of anilines is 2. The molecule has 3 N–H and O–H groups in total. The number of aromatic amines is 1. The average Bonchev–Trinajstić information content (AvgIpc) is 2.68. The summed E-state index contributed by atoms with van der Waals surface area (Å²) in [5.41, 5.74) is 2.39. The average molecular weight is 383 g/mol. The lowest BCUT2D eigenvalue weighted by molar-refractivity contribution is -0.116. The Kier molecular flexibility index (Phi) is 5.15. The second-order valence-electron chi connectivity index (χ2n) is 7.42. The Morgan fingerprint density at radius 1 is 1.14 bits per heavy atom. The minimum Gasteiger partial charge on any atom is -0.395 e. The van der Waals surface area contributed by atoms with E-state index < -0.39 is 0 Å². The van der Waals surface area contributed by atoms with Gasteiger partial charge in [-0.2, -0.15) is 4.98 Å². The minimum atomic E-state index is -0.295. The van der Waals surface area contributed by atoms with Gasteiger partial charge in [0.05, 0.1) is 12.2 Å². The Hall–Kier alpha value is -2.71. The van der Waals surface area contributed by atoms with Gasteiger partial charge in [-0.25, -0.2) is 0 Å². The number of amides is 1. The minimum absolute atomic E-state index is 0.130. The molecular weight excluding hydrogens is 358 g/mol. The van der Waals surface area contributed by atoms with E-state index in [2.05, 4.69) is 20.2 Å². The smallest absolute Gasteiger partial charge is 0.258 e. The second kappa shape index (κ2) is 7.73. The van der Waals surface area contributed by atoms with Gasteiger partial charge in [0.25, 0.3) is 5.56 Å². The summed E-state index contributed by atoms with van der Waals surface area (Å²) in [6.07, 6.45) is 0.236. The summed E-state index contributed by atoms with van der Waals surface area (Å²) in [5.74, 6) is 0.418. The van der Waals surface area contributed by atoms with Gasteiger partial charge in [0.15, 0.2) is 0 Å². The van der Waals surface area contributed by atoms with Gasteiger partial charge in [0.1, 0.15) is 5.82 Å². The Labute approximate surface area is 163 Å². The van der Waals surface area contributed by atoms with E-state index in [0.717, 1.165) is 24.2 Å². The van der Waals surface area contributed by atoms with Crippen molar-refractivity contribution in [1.82, 2.24) is 14.9 Å². The molecule has 0 spiro atoms. The Morgan fingerprint density at radius 3 is 2.54 bits per heavy atom. The van der Waals surface area contributed by atoms with Gasteiger partial charge in [-0.15, -0.1) is 0 Å². The number of fused-ring (bicyclic) bond motifs is 1. The standard InChI is InChI=1S/C20H25N5O3/c1-13-2-4-14(5-3-13)15-12-16(27)21-18-17(15)19(28)23-20(22-18)25-8-6-24(7-9-25)10-11-26/h2-5,15,26H,6-12H2,1H3,(H2,21,22,23,27,28)/t15-/m0/s1. The Bertz CT molecular complexity index is 916. The molecule has 8 heteroatoms. The first kappa shape index (κ1) is 18.6. The van der Waals surface area contributed by atoms with Crippen LogP contribution in [0.4, 0.5) is 11.8 Å². The highest BCUT2D eigenvalue weighted by Crippen LogP contribution is 2.34. The van der Waals surface area contributed by atoms with Gasteiger partial charge in [-0.1, -0.05) is 29.8 Å². The molecule has 0 aliphatic carbocycles. The molecule has 1 aromatic carbocycles. The van der Waals surface area contributed by atoms with E-state index >= 15 is 0 Å². The summed E-state index contributed by atoms with van der Waals surface area (Å²) in [6.45, 7) is 5.79. The fraction of sp³-hybridized carbons (Fsp3) is 0.450. The summed E-state index contributed by atoms with van der Waals surface area (Å²) in [5, 5.41) is 11.9. The molecule has 4 rings (SSSR count). The topological polar surface area (TPSA) is 102 Å². The molecule has 1 atom stereocenters. The van der Waals surface area contributed by atoms with Crippen LogP contribution in [0.15, 0.2) is 29.1 Å². The van der Waals surface area contributed by atoms with Crippen LogP contribution in [0.25, 0.3) is 0 Å². The number of hydrogen-bond acceptors (Lipinski definition) is 6. The molecule has 1 saturated heterocycles. The SMILES string of the molecule is Cc1ccc([C@@H]2CC(=O)Nc3nc(N4CCN(CCO)CC4)[nH]c(=O)c32)cc1. The third-order valence-electron chi connectivity index (χ3n) is 5.51. The number of aliphatic hydroxyl groups excluding tert-OH is 1. The molecule has 1 amide bonds. The lowest BCUT2D eigenvalue weighted by Crippen LogP contribution is -2.48. The van der Waals surface area contributed by atoms with E-state index in [1.165, 1.54) is 0 Å². The third-order valence-corrected chi connectivity index (χ3v) is 5.51. The highest BCUT2D eigenvalue weighted by atomic mass is 16.3. The number of aromatic nitrogens is 2. The fourth-order valence-electron chi connectivity index (χ4n) is 3.92. The Morgan fingerprint density at radius 2 is 1.86 bits per heavy atom. The lowest BCUT2D eigenvalue weighted by atomic mass is 9.86. The zero-order chi connectivity index (χ0) is 19.7. The molecular formula is C20H25N5O3. The monoisotopic (exact) mass is 383 g/mol. The number of carbonyl (C=O) groups is 1. The molecule has 2 aliphatic rings. The van der Waals surface area contributed by atoms with E-state index in [4.69, 9.17) is 5.11 Å². The van der Waals surface area contributed by atoms with Gasteiger partial charge >= 0.3 is 0 Å². The zero-order valence-electron chi connectivity index (χ0n) is 15.9. The van der Waals surface area contributed by atoms with E-state index in [-0.39, 0.29) is 30.4 Å². The van der Waals surface area contributed by atoms with E-state index in [0.29, 0.717) is 37.0 Å². The van der Waals surface area contributed by atoms with Gasteiger partial charge in [-0.3, -0.25) is 19.5 Å². The zero-order valence-corrected chi connectivity index (χ0v) is 15.9. The van der Waals surface area contributed by atoms with Crippen LogP contribution in [-0.2, 0) is 4.79 Å². The molecule has 1 fully saturated rings. The van der Waals surface area contributed by atoms with E-state index in [1.54, 1.807) is 0 Å². The number of piperazine rings is 1. The molecule has 1 aromatic heterocycles. The molecule has 2 aliphatic heterocycles. The first-order valence-electron chi connectivity index (χ1n) is 9.64. The van der Waals surface area contributed by atoms with Crippen LogP contribution in [0.1, 0.15) is 29.0 Å². The Balaban J connectivity index is 1.64. The largest absolute Gasteiger partial charge is 0.395 e. The van der Waals surface area contributed by atoms with Crippen molar-refractivity contribution in [3.05, 3.63) is 51.3 Å². The second-order valence-corrected chi connectivity index (χ2v) is 7.42. The van der Waals surface area contributed by atoms with Crippen LogP contribution >= 0.6 is 0 Å². The molecule has 2 aromatic rings. The highest BCUT2D eigenvalue weighted by Gasteiger charge is 2.31. The van der Waals surface area contributed by atoms with Crippen LogP contribution < -0.4 is 15.8 Å². The molecule has 0 bridgehead atoms. The van der Waals surface area contributed by atoms with Crippen molar-refractivity contribution >= 4 is 17.7 Å². The fourth-order valence-corrected chi connectivity index (χ4v) is 3.92. The number of nitrogens with zero attached hydrogens (tertiary/aromatic N) is 3. The van der Waals surface area contributed by atoms with Crippen molar-refractivity contribution in [2.24, 2.45) is 0 Å². The first-order valence-corrected chi connectivity index (χ1v) is 9.64. The van der Waals surface area contributed by atoms with Crippen molar-refractivity contribution in [2.45, 2.75) is 19.3 Å². The number of nitrogens with one attached hydrogen (secondary N) is 2. The third kappa shape index (κ3) is 3.65. The van der Waals surface area contributed by atoms with Crippen molar-refractivity contribution in [1.29, 1.82) is 0 Å². The number of rotatable bonds is 4. The maximum absolute atomic E-state index is 12.9. The van der Waals surface area contributed by atoms with Crippen molar-refractivity contribution in [3.8, 4) is 0 Å². The first-order chi connectivity index (χ1) is 13.5. The summed E-state index contributed by atoms with van der Waals surface area (Å²) in [7, 11) is 0. The van der Waals surface area contributed by atoms with E-state index in [1.807, 2.05) is 36.1 Å². The van der Waals surface area contributed by atoms with Gasteiger partial charge in [-0.05, 0) is 12.5 Å². The predicted octanol–water partition coefficient (Wildman–Crippen LogP) is 0.667. The number of benzene rings is 1. The molecule has 8 nitrogen and oxygen atoms in total. The summed E-state index contributed by atoms with van der Waals surface area (Å²) in [6, 6.07) is 7.92. The van der Waals surface area contributed by atoms with Crippen LogP contribution in [0.5, 0.6) is 0 Å². The highest BCUT2D eigenvalue weighted by molar-refractivity contribution is 5.94. The predicted molar refractivity (Wildman–Crippen MR) is 107 cm³/mol. The summed E-state index contributed by atoms with van der Waals surface area (Å²) < 4.78 is 0. The molecule has 0 radical (unpaired) electrons. The summed E-state index contributed by atoms with van der Waals surface area (Å²) >= 11 is 0. The van der Waals surface area contributed by atoms with Crippen LogP contribution in [0, 0.1) is 6.92 Å². The number of β-amino-alcohol motifs (C(OH)–C–C–N with tert-alkyl or cyclic N) is 1. The van der Waals surface area contributed by atoms with Gasteiger partial charge in [0, 0.05) is 45.1 Å². The molecule has 0 saturated carbocycles. The van der Waals surface area contributed by atoms with Crippen LogP contribution in [0.3, 0.4) is 0 Å². The normalized spacial score (nSPS) is 20.0. The molecule has 28 heavy (non-hydrogen) atoms. The number of aryl methyl sites for hydroxylation is 1. The lowest BCUT2D eigenvalue weighted by Gasteiger charge is -2.35. The van der Waals surface area contributed by atoms with Crippen molar-refractivity contribution in [2.75, 3.05) is 49.5 Å².